The molecule has 0 fully saturated rings. The number of nitrogens with two attached hydrogens (primary N) is 1. The van der Waals surface area contributed by atoms with E-state index in [1.165, 1.54) is 0 Å². The Labute approximate surface area is 104 Å². The Bertz CT molecular complexity index is 578. The maximum absolute atomic E-state index is 6.07. The lowest BCUT2D eigenvalue weighted by molar-refractivity contribution is 0.787. The van der Waals surface area contributed by atoms with Crippen LogP contribution in [0.4, 0.5) is 11.4 Å². The number of nitrogens with zero attached hydrogens (tertiary/aromatic N) is 1. The van der Waals surface area contributed by atoms with Crippen molar-refractivity contribution in [2.75, 3.05) is 11.1 Å². The molecule has 1 aliphatic carbocycles. The first kappa shape index (κ1) is 10.6. The molecule has 0 bridgehead atoms. The third-order valence-electron chi connectivity index (χ3n) is 3.03. The second kappa shape index (κ2) is 4.04. The van der Waals surface area contributed by atoms with Gasteiger partial charge in [-0.25, -0.2) is 4.98 Å². The van der Waals surface area contributed by atoms with Gasteiger partial charge < -0.3 is 11.1 Å². The lowest BCUT2D eigenvalue weighted by Crippen LogP contribution is -2.15. The number of aryl methyl sites for hydroxylation is 1. The van der Waals surface area contributed by atoms with E-state index in [9.17, 15) is 0 Å². The minimum absolute atomic E-state index is 0.481. The van der Waals surface area contributed by atoms with Gasteiger partial charge in [0.15, 0.2) is 0 Å². The van der Waals surface area contributed by atoms with Crippen molar-refractivity contribution < 1.29 is 0 Å². The highest BCUT2D eigenvalue weighted by Gasteiger charge is 2.12. The monoisotopic (exact) mass is 245 g/mol. The Morgan fingerprint density at radius 2 is 2.12 bits per heavy atom. The molecule has 1 aliphatic rings. The van der Waals surface area contributed by atoms with Crippen molar-refractivity contribution in [1.82, 2.24) is 4.98 Å². The smallest absolute Gasteiger partial charge is 0.0907 e. The Balaban J connectivity index is 1.94. The Kier molecular flexibility index (Phi) is 2.52. The molecule has 3 rings (SSSR count). The van der Waals surface area contributed by atoms with E-state index in [-0.39, 0.29) is 0 Å². The van der Waals surface area contributed by atoms with Crippen LogP contribution in [0.2, 0.25) is 0 Å². The van der Waals surface area contributed by atoms with Gasteiger partial charge >= 0.3 is 0 Å². The van der Waals surface area contributed by atoms with Gasteiger partial charge in [0.25, 0.3) is 0 Å². The summed E-state index contributed by atoms with van der Waals surface area (Å²) < 4.78 is 1.16. The number of thiazole rings is 1. The van der Waals surface area contributed by atoms with Gasteiger partial charge in [0.05, 0.1) is 26.6 Å². The Morgan fingerprint density at radius 1 is 1.35 bits per heavy atom. The van der Waals surface area contributed by atoms with E-state index in [1.807, 2.05) is 13.0 Å². The first-order chi connectivity index (χ1) is 8.22. The van der Waals surface area contributed by atoms with Crippen LogP contribution < -0.4 is 11.1 Å². The van der Waals surface area contributed by atoms with Crippen LogP contribution in [-0.2, 0) is 0 Å². The van der Waals surface area contributed by atoms with Crippen LogP contribution in [0.3, 0.4) is 0 Å². The lowest BCUT2D eigenvalue weighted by atomic mass is 10.2. The molecule has 0 aliphatic heterocycles. The molecule has 0 radical (unpaired) electrons. The molecule has 0 atom stereocenters. The first-order valence-corrected chi connectivity index (χ1v) is 6.62. The number of hydrogen-bond acceptors (Lipinski definition) is 4. The van der Waals surface area contributed by atoms with E-state index in [0.717, 1.165) is 39.4 Å². The summed E-state index contributed by atoms with van der Waals surface area (Å²) in [6.07, 6.45) is 6.57. The molecule has 0 saturated carbocycles. The van der Waals surface area contributed by atoms with E-state index in [1.54, 1.807) is 11.3 Å². The summed E-state index contributed by atoms with van der Waals surface area (Å²) >= 11 is 1.69. The van der Waals surface area contributed by atoms with E-state index >= 15 is 0 Å². The van der Waals surface area contributed by atoms with Gasteiger partial charge in [0.1, 0.15) is 0 Å². The van der Waals surface area contributed by atoms with Gasteiger partial charge in [-0.3, -0.25) is 0 Å². The summed E-state index contributed by atoms with van der Waals surface area (Å²) in [6, 6.07) is 4.56. The molecule has 1 aromatic carbocycles. The SMILES string of the molecule is Cc1nc2cc(NC3CC=CC3)c(N)cc2s1. The standard InChI is InChI=1S/C13H15N3S/c1-8-15-12-7-11(10(14)6-13(12)17-8)16-9-4-2-3-5-9/h2-3,6-7,9,16H,4-5,14H2,1H3. The van der Waals surface area contributed by atoms with Gasteiger partial charge in [-0.15, -0.1) is 11.3 Å². The summed E-state index contributed by atoms with van der Waals surface area (Å²) in [7, 11) is 0. The molecule has 0 saturated heterocycles. The highest BCUT2D eigenvalue weighted by Crippen LogP contribution is 2.31. The van der Waals surface area contributed by atoms with Crippen LogP contribution >= 0.6 is 11.3 Å². The first-order valence-electron chi connectivity index (χ1n) is 5.80. The number of rotatable bonds is 2. The molecule has 4 heteroatoms. The summed E-state index contributed by atoms with van der Waals surface area (Å²) in [5.74, 6) is 0. The summed E-state index contributed by atoms with van der Waals surface area (Å²) in [4.78, 5) is 4.50. The minimum atomic E-state index is 0.481. The van der Waals surface area contributed by atoms with Gasteiger partial charge in [-0.2, -0.15) is 0 Å². The average molecular weight is 245 g/mol. The van der Waals surface area contributed by atoms with Crippen LogP contribution in [0.15, 0.2) is 24.3 Å². The normalized spacial score (nSPS) is 15.8. The van der Waals surface area contributed by atoms with Crippen molar-refractivity contribution in [3.05, 3.63) is 29.3 Å². The molecule has 1 aromatic heterocycles. The van der Waals surface area contributed by atoms with Crippen LogP contribution in [0.1, 0.15) is 17.8 Å². The second-order valence-electron chi connectivity index (χ2n) is 4.42. The summed E-state index contributed by atoms with van der Waals surface area (Å²) in [5, 5.41) is 4.57. The molecular weight excluding hydrogens is 230 g/mol. The maximum Gasteiger partial charge on any atom is 0.0907 e. The van der Waals surface area contributed by atoms with Crippen molar-refractivity contribution in [2.45, 2.75) is 25.8 Å². The second-order valence-corrected chi connectivity index (χ2v) is 5.66. The number of anilines is 2. The molecule has 2 aromatic rings. The van der Waals surface area contributed by atoms with Crippen molar-refractivity contribution in [3.63, 3.8) is 0 Å². The fraction of sp³-hybridized carbons (Fsp3) is 0.308. The van der Waals surface area contributed by atoms with Gasteiger partial charge in [0, 0.05) is 6.04 Å². The zero-order valence-electron chi connectivity index (χ0n) is 9.73. The third-order valence-corrected chi connectivity index (χ3v) is 3.97. The van der Waals surface area contributed by atoms with E-state index in [0.29, 0.717) is 6.04 Å². The molecular formula is C13H15N3S. The lowest BCUT2D eigenvalue weighted by Gasteiger charge is -2.15. The zero-order valence-corrected chi connectivity index (χ0v) is 10.6. The van der Waals surface area contributed by atoms with Crippen LogP contribution in [0.25, 0.3) is 10.2 Å². The molecule has 3 nitrogen and oxygen atoms in total. The average Bonchev–Trinajstić information content (AvgIpc) is 2.87. The van der Waals surface area contributed by atoms with Crippen LogP contribution in [0.5, 0.6) is 0 Å². The van der Waals surface area contributed by atoms with Gasteiger partial charge in [-0.1, -0.05) is 12.2 Å². The summed E-state index contributed by atoms with van der Waals surface area (Å²) in [6.45, 7) is 2.02. The predicted molar refractivity (Wildman–Crippen MR) is 74.6 cm³/mol. The van der Waals surface area contributed by atoms with Crippen LogP contribution in [0, 0.1) is 6.92 Å². The maximum atomic E-state index is 6.07. The molecule has 1 heterocycles. The molecule has 17 heavy (non-hydrogen) atoms. The van der Waals surface area contributed by atoms with E-state index in [4.69, 9.17) is 5.73 Å². The number of fused-ring (bicyclic) bond motifs is 1. The van der Waals surface area contributed by atoms with Crippen LogP contribution in [-0.4, -0.2) is 11.0 Å². The van der Waals surface area contributed by atoms with Crippen molar-refractivity contribution in [3.8, 4) is 0 Å². The Hall–Kier alpha value is -1.55. The highest BCUT2D eigenvalue weighted by molar-refractivity contribution is 7.18. The minimum Gasteiger partial charge on any atom is -0.397 e. The van der Waals surface area contributed by atoms with E-state index in [2.05, 4.69) is 28.5 Å². The number of nitrogen functional groups attached to an aromatic ring is 1. The number of nitrogens with one attached hydrogen (secondary N) is 1. The van der Waals surface area contributed by atoms with Gasteiger partial charge in [0.2, 0.25) is 0 Å². The van der Waals surface area contributed by atoms with E-state index < -0.39 is 0 Å². The van der Waals surface area contributed by atoms with Gasteiger partial charge in [-0.05, 0) is 31.9 Å². The fourth-order valence-electron chi connectivity index (χ4n) is 2.18. The molecule has 0 unspecified atom stereocenters. The Morgan fingerprint density at radius 3 is 2.88 bits per heavy atom. The number of benzene rings is 1. The largest absolute Gasteiger partial charge is 0.397 e. The molecule has 3 N–H and O–H groups in total. The predicted octanol–water partition coefficient (Wildman–Crippen LogP) is 3.32. The molecule has 0 amide bonds. The van der Waals surface area contributed by atoms with Crippen molar-refractivity contribution in [1.29, 1.82) is 0 Å². The highest BCUT2D eigenvalue weighted by atomic mass is 32.1. The third kappa shape index (κ3) is 2.00. The van der Waals surface area contributed by atoms with Crippen molar-refractivity contribution in [2.24, 2.45) is 0 Å². The topological polar surface area (TPSA) is 50.9 Å². The number of hydrogen-bond donors (Lipinski definition) is 2. The molecule has 0 spiro atoms. The fourth-order valence-corrected chi connectivity index (χ4v) is 3.04. The molecule has 88 valence electrons. The van der Waals surface area contributed by atoms with Crippen molar-refractivity contribution >= 4 is 32.9 Å². The summed E-state index contributed by atoms with van der Waals surface area (Å²) in [5.41, 5.74) is 8.93. The quantitative estimate of drug-likeness (QED) is 0.630. The zero-order chi connectivity index (χ0) is 11.8. The number of aromatic nitrogens is 1.